The van der Waals surface area contributed by atoms with Crippen LogP contribution in [0.2, 0.25) is 0 Å². The largest absolute Gasteiger partial charge is 0.493 e. The third-order valence-electron chi connectivity index (χ3n) is 3.52. The first-order valence-electron chi connectivity index (χ1n) is 5.88. The fourth-order valence-corrected chi connectivity index (χ4v) is 1.94. The molecule has 102 valence electrons. The smallest absolute Gasteiger partial charge is 0.273 e. The molecular formula is C13H15NO5. The number of nitrogens with zero attached hydrogens (tertiary/aromatic N) is 1. The van der Waals surface area contributed by atoms with Gasteiger partial charge in [0.15, 0.2) is 11.5 Å². The summed E-state index contributed by atoms with van der Waals surface area (Å²) in [6, 6.07) is 4.16. The molecule has 1 unspecified atom stereocenters. The maximum atomic E-state index is 11.5. The summed E-state index contributed by atoms with van der Waals surface area (Å²) in [6.45, 7) is 3.64. The zero-order valence-corrected chi connectivity index (χ0v) is 11.0. The first-order chi connectivity index (χ1) is 8.86. The summed E-state index contributed by atoms with van der Waals surface area (Å²) in [7, 11) is 1.42. The van der Waals surface area contributed by atoms with Crippen LogP contribution in [0.5, 0.6) is 11.5 Å². The molecule has 0 aromatic heterocycles. The molecule has 1 aromatic rings. The van der Waals surface area contributed by atoms with Crippen molar-refractivity contribution >= 4 is 11.5 Å². The number of carbonyl (C=O) groups is 1. The number of ketones is 1. The number of ether oxygens (including phenoxy) is 2. The Morgan fingerprint density at radius 1 is 1.37 bits per heavy atom. The molecule has 6 heteroatoms. The molecule has 0 N–H and O–H groups in total. The topological polar surface area (TPSA) is 78.7 Å². The van der Waals surface area contributed by atoms with Gasteiger partial charge in [0.05, 0.1) is 23.5 Å². The lowest BCUT2D eigenvalue weighted by atomic mass is 9.68. The van der Waals surface area contributed by atoms with E-state index in [1.807, 2.05) is 13.8 Å². The SMILES string of the molecule is COc1cc([N+](=O)[O-])ccc1OC1CC(=O)C1(C)C. The van der Waals surface area contributed by atoms with Gasteiger partial charge in [-0.15, -0.1) is 0 Å². The molecule has 1 aromatic carbocycles. The average molecular weight is 265 g/mol. The molecule has 1 atom stereocenters. The molecule has 2 rings (SSSR count). The van der Waals surface area contributed by atoms with Gasteiger partial charge in [-0.2, -0.15) is 0 Å². The second-order valence-electron chi connectivity index (χ2n) is 5.05. The van der Waals surface area contributed by atoms with Crippen molar-refractivity contribution in [3.05, 3.63) is 28.3 Å². The summed E-state index contributed by atoms with van der Waals surface area (Å²) in [5.41, 5.74) is -0.583. The molecule has 19 heavy (non-hydrogen) atoms. The Morgan fingerprint density at radius 2 is 2.05 bits per heavy atom. The van der Waals surface area contributed by atoms with Crippen LogP contribution in [0.15, 0.2) is 18.2 Å². The van der Waals surface area contributed by atoms with Crippen molar-refractivity contribution < 1.29 is 19.2 Å². The highest BCUT2D eigenvalue weighted by Crippen LogP contribution is 2.42. The van der Waals surface area contributed by atoms with E-state index in [0.29, 0.717) is 17.9 Å². The van der Waals surface area contributed by atoms with E-state index < -0.39 is 10.3 Å². The maximum absolute atomic E-state index is 11.5. The van der Waals surface area contributed by atoms with E-state index in [2.05, 4.69) is 0 Å². The zero-order chi connectivity index (χ0) is 14.2. The molecular weight excluding hydrogens is 250 g/mol. The summed E-state index contributed by atoms with van der Waals surface area (Å²) in [6.07, 6.45) is 0.128. The molecule has 0 bridgehead atoms. The second-order valence-corrected chi connectivity index (χ2v) is 5.05. The monoisotopic (exact) mass is 265 g/mol. The minimum atomic E-state index is -0.521. The lowest BCUT2D eigenvalue weighted by Gasteiger charge is -2.42. The van der Waals surface area contributed by atoms with Gasteiger partial charge in [0.1, 0.15) is 11.9 Å². The van der Waals surface area contributed by atoms with E-state index in [9.17, 15) is 14.9 Å². The molecule has 0 radical (unpaired) electrons. The minimum absolute atomic E-state index is 0.0619. The average Bonchev–Trinajstić information content (AvgIpc) is 2.38. The normalized spacial score (nSPS) is 20.6. The highest BCUT2D eigenvalue weighted by molar-refractivity contribution is 5.91. The van der Waals surface area contributed by atoms with Crippen LogP contribution in [-0.4, -0.2) is 23.9 Å². The summed E-state index contributed by atoms with van der Waals surface area (Å²) < 4.78 is 10.8. The van der Waals surface area contributed by atoms with Crippen molar-refractivity contribution in [3.8, 4) is 11.5 Å². The predicted octanol–water partition coefficient (Wildman–Crippen LogP) is 2.35. The number of Topliss-reactive ketones (excluding diaryl/α,β-unsaturated/α-hetero) is 1. The maximum Gasteiger partial charge on any atom is 0.273 e. The number of hydrogen-bond acceptors (Lipinski definition) is 5. The van der Waals surface area contributed by atoms with Crippen molar-refractivity contribution in [2.45, 2.75) is 26.4 Å². The summed E-state index contributed by atoms with van der Waals surface area (Å²) in [5, 5.41) is 10.7. The summed E-state index contributed by atoms with van der Waals surface area (Å²) in [4.78, 5) is 21.6. The van der Waals surface area contributed by atoms with E-state index in [4.69, 9.17) is 9.47 Å². The van der Waals surface area contributed by atoms with Crippen molar-refractivity contribution in [1.29, 1.82) is 0 Å². The lowest BCUT2D eigenvalue weighted by Crippen LogP contribution is -2.53. The van der Waals surface area contributed by atoms with Crippen molar-refractivity contribution in [2.24, 2.45) is 5.41 Å². The van der Waals surface area contributed by atoms with E-state index in [-0.39, 0.29) is 17.6 Å². The molecule has 1 saturated carbocycles. The number of nitro benzene ring substituents is 1. The molecule has 0 spiro atoms. The quantitative estimate of drug-likeness (QED) is 0.616. The standard InChI is InChI=1S/C13H15NO5/c1-13(2)11(15)7-12(13)19-9-5-4-8(14(16)17)6-10(9)18-3/h4-6,12H,7H2,1-3H3. The third-order valence-corrected chi connectivity index (χ3v) is 3.52. The van der Waals surface area contributed by atoms with Gasteiger partial charge in [0.2, 0.25) is 0 Å². The van der Waals surface area contributed by atoms with Gasteiger partial charge < -0.3 is 9.47 Å². The van der Waals surface area contributed by atoms with Gasteiger partial charge in [-0.25, -0.2) is 0 Å². The van der Waals surface area contributed by atoms with E-state index in [1.54, 1.807) is 0 Å². The lowest BCUT2D eigenvalue weighted by molar-refractivity contribution is -0.385. The number of benzene rings is 1. The highest BCUT2D eigenvalue weighted by Gasteiger charge is 2.49. The molecule has 0 amide bonds. The zero-order valence-electron chi connectivity index (χ0n) is 11.0. The van der Waals surface area contributed by atoms with Crippen molar-refractivity contribution in [2.75, 3.05) is 7.11 Å². The van der Waals surface area contributed by atoms with Crippen LogP contribution in [0.1, 0.15) is 20.3 Å². The van der Waals surface area contributed by atoms with Crippen LogP contribution >= 0.6 is 0 Å². The van der Waals surface area contributed by atoms with E-state index in [0.717, 1.165) is 0 Å². The minimum Gasteiger partial charge on any atom is -0.493 e. The molecule has 6 nitrogen and oxygen atoms in total. The van der Waals surface area contributed by atoms with Crippen molar-refractivity contribution in [3.63, 3.8) is 0 Å². The van der Waals surface area contributed by atoms with Crippen LogP contribution in [0.25, 0.3) is 0 Å². The van der Waals surface area contributed by atoms with Gasteiger partial charge in [-0.05, 0) is 19.9 Å². The molecule has 0 saturated heterocycles. The number of carbonyl (C=O) groups excluding carboxylic acids is 1. The van der Waals surface area contributed by atoms with Gasteiger partial charge in [-0.3, -0.25) is 14.9 Å². The van der Waals surface area contributed by atoms with Crippen LogP contribution in [-0.2, 0) is 4.79 Å². The molecule has 1 aliphatic rings. The molecule has 0 heterocycles. The molecule has 0 aliphatic heterocycles. The van der Waals surface area contributed by atoms with Crippen LogP contribution in [0.4, 0.5) is 5.69 Å². The fourth-order valence-electron chi connectivity index (χ4n) is 1.94. The Kier molecular flexibility index (Phi) is 3.18. The van der Waals surface area contributed by atoms with Gasteiger partial charge >= 0.3 is 0 Å². The van der Waals surface area contributed by atoms with Crippen molar-refractivity contribution in [1.82, 2.24) is 0 Å². The Bertz CT molecular complexity index is 538. The first-order valence-corrected chi connectivity index (χ1v) is 5.88. The number of non-ortho nitro benzene ring substituents is 1. The predicted molar refractivity (Wildman–Crippen MR) is 67.5 cm³/mol. The Hall–Kier alpha value is -2.11. The summed E-state index contributed by atoms with van der Waals surface area (Å²) >= 11 is 0. The number of methoxy groups -OCH3 is 1. The van der Waals surface area contributed by atoms with Gasteiger partial charge in [-0.1, -0.05) is 0 Å². The fraction of sp³-hybridized carbons (Fsp3) is 0.462. The number of rotatable bonds is 4. The van der Waals surface area contributed by atoms with Crippen LogP contribution in [0, 0.1) is 15.5 Å². The highest BCUT2D eigenvalue weighted by atomic mass is 16.6. The Balaban J connectivity index is 2.22. The third kappa shape index (κ3) is 2.25. The van der Waals surface area contributed by atoms with Gasteiger partial charge in [0.25, 0.3) is 5.69 Å². The molecule has 1 fully saturated rings. The number of hydrogen-bond donors (Lipinski definition) is 0. The molecule has 1 aliphatic carbocycles. The Labute approximate surface area is 110 Å². The van der Waals surface area contributed by atoms with E-state index in [1.165, 1.54) is 25.3 Å². The summed E-state index contributed by atoms with van der Waals surface area (Å²) in [5.74, 6) is 0.862. The van der Waals surface area contributed by atoms with Crippen LogP contribution in [0.3, 0.4) is 0 Å². The van der Waals surface area contributed by atoms with Gasteiger partial charge in [0, 0.05) is 12.5 Å². The first kappa shape index (κ1) is 13.3. The number of nitro groups is 1. The van der Waals surface area contributed by atoms with Crippen LogP contribution < -0.4 is 9.47 Å². The van der Waals surface area contributed by atoms with E-state index >= 15 is 0 Å². The Morgan fingerprint density at radius 3 is 2.53 bits per heavy atom. The second kappa shape index (κ2) is 4.53.